The number of nitrogens with zero attached hydrogens (tertiary/aromatic N) is 5. The first-order valence-corrected chi connectivity index (χ1v) is 12.6. The van der Waals surface area contributed by atoms with Crippen LogP contribution in [0.5, 0.6) is 5.88 Å². The number of benzene rings is 1. The molecule has 1 saturated heterocycles. The Hall–Kier alpha value is -4.56. The van der Waals surface area contributed by atoms with Gasteiger partial charge in [-0.15, -0.1) is 4.37 Å². The molecule has 0 unspecified atom stereocenters. The minimum atomic E-state index is -5.08. The highest BCUT2D eigenvalue weighted by Gasteiger charge is 2.39. The summed E-state index contributed by atoms with van der Waals surface area (Å²) in [5.41, 5.74) is 2.80. The molecule has 0 radical (unpaired) electrons. The number of carboxylic acids is 1. The van der Waals surface area contributed by atoms with Crippen LogP contribution in [0.3, 0.4) is 0 Å². The van der Waals surface area contributed by atoms with Gasteiger partial charge in [0.1, 0.15) is 12.4 Å². The normalized spacial score (nSPS) is 14.0. The monoisotopic (exact) mass is 661 g/mol. The number of piperazine rings is 1. The second-order valence-corrected chi connectivity index (χ2v) is 9.30. The molecule has 21 heteroatoms. The SMILES string of the molecule is Nc1cc(COc2nsnc2N2CCN(C(=O)Nc3cc(C(F)(F)F)cc(C(F)(F)F)c3)CC2)ccn1.O=C(O)C(F)(F)F. The zero-order valence-electron chi connectivity index (χ0n) is 21.8. The van der Waals surface area contributed by atoms with Crippen LogP contribution in [0.25, 0.3) is 0 Å². The molecular formula is C23H20F9N7O4S. The topological polar surface area (TPSA) is 147 Å². The van der Waals surface area contributed by atoms with Gasteiger partial charge < -0.3 is 30.7 Å². The molecule has 0 bridgehead atoms. The number of aromatic nitrogens is 3. The Bertz CT molecular complexity index is 1420. The van der Waals surface area contributed by atoms with Gasteiger partial charge in [-0.05, 0) is 35.9 Å². The van der Waals surface area contributed by atoms with Crippen molar-refractivity contribution in [2.24, 2.45) is 0 Å². The second kappa shape index (κ2) is 13.4. The van der Waals surface area contributed by atoms with E-state index in [-0.39, 0.29) is 44.7 Å². The Kier molecular flexibility index (Phi) is 10.3. The molecule has 2 aromatic heterocycles. The molecule has 2 amide bonds. The largest absolute Gasteiger partial charge is 0.490 e. The molecule has 0 spiro atoms. The number of alkyl halides is 9. The van der Waals surface area contributed by atoms with Gasteiger partial charge in [-0.3, -0.25) is 0 Å². The maximum atomic E-state index is 13.1. The number of halogens is 9. The molecule has 44 heavy (non-hydrogen) atoms. The van der Waals surface area contributed by atoms with Crippen molar-refractivity contribution in [2.75, 3.05) is 42.1 Å². The number of ether oxygens (including phenoxy) is 1. The highest BCUT2D eigenvalue weighted by atomic mass is 32.1. The van der Waals surface area contributed by atoms with E-state index in [0.29, 0.717) is 23.8 Å². The molecule has 1 aliphatic rings. The smallest absolute Gasteiger partial charge is 0.475 e. The van der Waals surface area contributed by atoms with Crippen LogP contribution < -0.4 is 20.7 Å². The van der Waals surface area contributed by atoms with Crippen LogP contribution in [-0.4, -0.2) is 68.1 Å². The van der Waals surface area contributed by atoms with Gasteiger partial charge in [0.2, 0.25) is 5.82 Å². The van der Waals surface area contributed by atoms with Crippen molar-refractivity contribution in [2.45, 2.75) is 25.1 Å². The number of nitrogens with two attached hydrogens (primary N) is 1. The fraction of sp³-hybridized carbons (Fsp3) is 0.348. The molecular weight excluding hydrogens is 641 g/mol. The predicted octanol–water partition coefficient (Wildman–Crippen LogP) is 5.12. The van der Waals surface area contributed by atoms with Crippen LogP contribution in [0.4, 0.5) is 61.6 Å². The van der Waals surface area contributed by atoms with E-state index in [1.165, 1.54) is 4.90 Å². The summed E-state index contributed by atoms with van der Waals surface area (Å²) in [6.45, 7) is 1.01. The van der Waals surface area contributed by atoms with E-state index >= 15 is 0 Å². The molecule has 1 fully saturated rings. The van der Waals surface area contributed by atoms with Crippen molar-refractivity contribution >= 4 is 41.1 Å². The van der Waals surface area contributed by atoms with Crippen LogP contribution in [-0.2, 0) is 23.8 Å². The third-order valence-electron chi connectivity index (χ3n) is 5.61. The van der Waals surface area contributed by atoms with Crippen LogP contribution in [0.1, 0.15) is 16.7 Å². The highest BCUT2D eigenvalue weighted by molar-refractivity contribution is 6.99. The average molecular weight is 662 g/mol. The average Bonchev–Trinajstić information content (AvgIpc) is 3.39. The Morgan fingerprint density at radius 1 is 0.932 bits per heavy atom. The fourth-order valence-electron chi connectivity index (χ4n) is 3.55. The van der Waals surface area contributed by atoms with Crippen LogP contribution in [0, 0.1) is 0 Å². The van der Waals surface area contributed by atoms with Gasteiger partial charge in [0.15, 0.2) is 0 Å². The number of rotatable bonds is 5. The van der Waals surface area contributed by atoms with Crippen molar-refractivity contribution in [3.05, 3.63) is 53.2 Å². The van der Waals surface area contributed by atoms with Crippen molar-refractivity contribution in [3.8, 4) is 5.88 Å². The Morgan fingerprint density at radius 2 is 1.50 bits per heavy atom. The number of nitrogen functional groups attached to an aromatic ring is 1. The molecule has 0 aliphatic carbocycles. The molecule has 240 valence electrons. The number of hydrogen-bond donors (Lipinski definition) is 3. The lowest BCUT2D eigenvalue weighted by molar-refractivity contribution is -0.192. The first kappa shape index (κ1) is 33.9. The fourth-order valence-corrected chi connectivity index (χ4v) is 4.07. The van der Waals surface area contributed by atoms with Gasteiger partial charge in [-0.1, -0.05) is 0 Å². The number of carbonyl (C=O) groups is 2. The van der Waals surface area contributed by atoms with Crippen LogP contribution in [0.2, 0.25) is 0 Å². The maximum absolute atomic E-state index is 13.1. The summed E-state index contributed by atoms with van der Waals surface area (Å²) in [6, 6.07) is 3.48. The number of nitrogens with one attached hydrogen (secondary N) is 1. The van der Waals surface area contributed by atoms with E-state index in [0.717, 1.165) is 17.3 Å². The Balaban J connectivity index is 0.000000676. The lowest BCUT2D eigenvalue weighted by Crippen LogP contribution is -2.50. The standard InChI is InChI=1S/C21H19F6N7O2S.C2HF3O2/c22-20(23,24)13-8-14(21(25,26)27)10-15(9-13)30-19(35)34-5-3-33(4-6-34)17-18(32-37-31-17)36-11-12-1-2-29-16(28)7-12;3-2(4,5)1(6)7/h1-2,7-10H,3-6,11H2,(H2,28,29)(H,30,35);(H,6,7). The molecule has 0 atom stereocenters. The Morgan fingerprint density at radius 3 is 2.00 bits per heavy atom. The minimum absolute atomic E-state index is 0.000399. The van der Waals surface area contributed by atoms with Gasteiger partial charge in [-0.2, -0.15) is 43.9 Å². The number of carboxylic acid groups (broad SMARTS) is 1. The summed E-state index contributed by atoms with van der Waals surface area (Å²) < 4.78 is 124. The van der Waals surface area contributed by atoms with Gasteiger partial charge >= 0.3 is 30.5 Å². The number of anilines is 3. The van der Waals surface area contributed by atoms with Gasteiger partial charge in [0, 0.05) is 38.1 Å². The first-order valence-electron chi connectivity index (χ1n) is 11.9. The quantitative estimate of drug-likeness (QED) is 0.317. The third kappa shape index (κ3) is 9.47. The van der Waals surface area contributed by atoms with Crippen molar-refractivity contribution in [1.29, 1.82) is 0 Å². The summed E-state index contributed by atoms with van der Waals surface area (Å²) >= 11 is 0.933. The maximum Gasteiger partial charge on any atom is 0.490 e. The Labute approximate surface area is 245 Å². The van der Waals surface area contributed by atoms with E-state index in [1.54, 1.807) is 18.3 Å². The van der Waals surface area contributed by atoms with Crippen molar-refractivity contribution in [1.82, 2.24) is 18.6 Å². The predicted molar refractivity (Wildman–Crippen MR) is 136 cm³/mol. The zero-order valence-corrected chi connectivity index (χ0v) is 22.6. The number of hydrogen-bond acceptors (Lipinski definition) is 9. The minimum Gasteiger partial charge on any atom is -0.475 e. The van der Waals surface area contributed by atoms with Gasteiger partial charge in [0.05, 0.1) is 22.9 Å². The number of pyridine rings is 1. The summed E-state index contributed by atoms with van der Waals surface area (Å²) in [5, 5.41) is 9.27. The van der Waals surface area contributed by atoms with Crippen molar-refractivity contribution in [3.63, 3.8) is 0 Å². The molecule has 3 heterocycles. The van der Waals surface area contributed by atoms with E-state index in [4.69, 9.17) is 20.4 Å². The van der Waals surface area contributed by atoms with E-state index < -0.39 is 47.3 Å². The van der Waals surface area contributed by atoms with Gasteiger partial charge in [-0.25, -0.2) is 14.6 Å². The second-order valence-electron chi connectivity index (χ2n) is 8.77. The summed E-state index contributed by atoms with van der Waals surface area (Å²) in [7, 11) is 0. The first-order chi connectivity index (χ1) is 20.3. The number of carbonyl (C=O) groups excluding carboxylic acids is 1. The van der Waals surface area contributed by atoms with E-state index in [2.05, 4.69) is 19.0 Å². The molecule has 1 aliphatic heterocycles. The van der Waals surface area contributed by atoms with Crippen LogP contribution in [0.15, 0.2) is 36.5 Å². The lowest BCUT2D eigenvalue weighted by atomic mass is 10.1. The molecule has 11 nitrogen and oxygen atoms in total. The summed E-state index contributed by atoms with van der Waals surface area (Å²) in [5.74, 6) is -1.68. The number of aliphatic carboxylic acids is 1. The molecule has 3 aromatic rings. The lowest BCUT2D eigenvalue weighted by Gasteiger charge is -2.34. The molecule has 4 rings (SSSR count). The van der Waals surface area contributed by atoms with Crippen molar-refractivity contribution < 1.29 is 58.9 Å². The number of urea groups is 1. The van der Waals surface area contributed by atoms with Gasteiger partial charge in [0.25, 0.3) is 5.88 Å². The molecule has 4 N–H and O–H groups in total. The third-order valence-corrected chi connectivity index (χ3v) is 6.11. The zero-order chi connectivity index (χ0) is 32.9. The molecule has 0 saturated carbocycles. The molecule has 1 aromatic carbocycles. The number of amides is 2. The summed E-state index contributed by atoms with van der Waals surface area (Å²) in [6.07, 6.45) is -13.6. The van der Waals surface area contributed by atoms with E-state index in [1.807, 2.05) is 4.90 Å². The summed E-state index contributed by atoms with van der Waals surface area (Å²) in [4.78, 5) is 28.5. The highest BCUT2D eigenvalue weighted by Crippen LogP contribution is 2.37. The van der Waals surface area contributed by atoms with Crippen LogP contribution >= 0.6 is 11.7 Å². The van der Waals surface area contributed by atoms with E-state index in [9.17, 15) is 44.3 Å².